The molecule has 0 atom stereocenters. The van der Waals surface area contributed by atoms with Gasteiger partial charge in [0.05, 0.1) is 4.90 Å². The van der Waals surface area contributed by atoms with E-state index in [2.05, 4.69) is 36.1 Å². The molecule has 3 aromatic rings. The van der Waals surface area contributed by atoms with Crippen LogP contribution in [0.1, 0.15) is 11.1 Å². The lowest BCUT2D eigenvalue weighted by Gasteiger charge is -2.34. The number of aryl methyl sites for hydroxylation is 1. The van der Waals surface area contributed by atoms with E-state index < -0.39 is 22.0 Å². The molecule has 2 N–H and O–H groups in total. The van der Waals surface area contributed by atoms with E-state index in [-0.39, 0.29) is 0 Å². The van der Waals surface area contributed by atoms with Crippen LogP contribution in [0.15, 0.2) is 71.6 Å². The molecule has 1 aliphatic rings. The van der Waals surface area contributed by atoms with Gasteiger partial charge in [-0.3, -0.25) is 4.90 Å². The summed E-state index contributed by atoms with van der Waals surface area (Å²) in [6.07, 6.45) is 0. The van der Waals surface area contributed by atoms with Crippen LogP contribution >= 0.6 is 0 Å². The van der Waals surface area contributed by atoms with Crippen molar-refractivity contribution in [3.05, 3.63) is 77.9 Å². The van der Waals surface area contributed by atoms with E-state index in [9.17, 15) is 8.42 Å². The molecule has 0 amide bonds. The summed E-state index contributed by atoms with van der Waals surface area (Å²) < 4.78 is 27.7. The van der Waals surface area contributed by atoms with Crippen molar-refractivity contribution in [3.8, 4) is 0 Å². The number of hydrogen-bond donors (Lipinski definition) is 2. The Bertz CT molecular complexity index is 1220. The number of rotatable bonds is 4. The van der Waals surface area contributed by atoms with Gasteiger partial charge >= 0.3 is 11.9 Å². The molecule has 0 spiro atoms. The molecule has 3 aromatic carbocycles. The summed E-state index contributed by atoms with van der Waals surface area (Å²) in [6.45, 7) is 5.51. The predicted octanol–water partition coefficient (Wildman–Crippen LogP) is 2.81. The summed E-state index contributed by atoms with van der Waals surface area (Å²) in [5.41, 5.74) is 2.52. The number of hydrogen-bond acceptors (Lipinski definition) is 5. The zero-order valence-corrected chi connectivity index (χ0v) is 19.0. The fourth-order valence-electron chi connectivity index (χ4n) is 3.56. The second-order valence-corrected chi connectivity index (χ2v) is 9.72. The van der Waals surface area contributed by atoms with E-state index in [1.54, 1.807) is 16.4 Å². The van der Waals surface area contributed by atoms with Crippen LogP contribution in [0.4, 0.5) is 0 Å². The van der Waals surface area contributed by atoms with Crippen LogP contribution in [-0.4, -0.2) is 66.0 Å². The molecule has 1 aliphatic heterocycles. The van der Waals surface area contributed by atoms with Crippen molar-refractivity contribution in [2.24, 2.45) is 0 Å². The lowest BCUT2D eigenvalue weighted by molar-refractivity contribution is -0.159. The standard InChI is InChI=1S/C22H24N2O2S.C2H2O4/c1-18-6-8-19(9-7-18)17-23-12-14-24(15-13-23)27(25,26)22-11-10-20-4-2-3-5-21(20)16-22;3-1(4)2(5)6/h2-11,16H,12-15,17H2,1H3;(H,3,4)(H,5,6). The third-order valence-corrected chi connectivity index (χ3v) is 7.29. The number of carboxylic acid groups (broad SMARTS) is 2. The molecule has 0 radical (unpaired) electrons. The third kappa shape index (κ3) is 6.38. The Labute approximate surface area is 192 Å². The van der Waals surface area contributed by atoms with Gasteiger partial charge in [-0.05, 0) is 35.4 Å². The molecular weight excluding hydrogens is 444 g/mol. The second kappa shape index (κ2) is 10.6. The van der Waals surface area contributed by atoms with Crippen LogP contribution in [-0.2, 0) is 26.2 Å². The number of carboxylic acids is 2. The largest absolute Gasteiger partial charge is 0.473 e. The third-order valence-electron chi connectivity index (χ3n) is 5.40. The van der Waals surface area contributed by atoms with Gasteiger partial charge in [-0.15, -0.1) is 0 Å². The normalized spacial score (nSPS) is 14.9. The highest BCUT2D eigenvalue weighted by molar-refractivity contribution is 7.89. The smallest absolute Gasteiger partial charge is 0.414 e. The molecule has 0 aromatic heterocycles. The van der Waals surface area contributed by atoms with Crippen molar-refractivity contribution >= 4 is 32.7 Å². The van der Waals surface area contributed by atoms with E-state index in [0.717, 1.165) is 30.4 Å². The maximum absolute atomic E-state index is 13.0. The number of piperazine rings is 1. The van der Waals surface area contributed by atoms with Crippen LogP contribution in [0, 0.1) is 6.92 Å². The molecule has 0 aliphatic carbocycles. The number of fused-ring (bicyclic) bond motifs is 1. The molecular formula is C24H26N2O6S. The fraction of sp³-hybridized carbons (Fsp3) is 0.250. The van der Waals surface area contributed by atoms with Crippen LogP contribution in [0.2, 0.25) is 0 Å². The molecule has 1 fully saturated rings. The zero-order chi connectivity index (χ0) is 24.0. The van der Waals surface area contributed by atoms with Gasteiger partial charge in [0.15, 0.2) is 0 Å². The van der Waals surface area contributed by atoms with E-state index in [4.69, 9.17) is 19.8 Å². The Kier molecular flexibility index (Phi) is 7.80. The maximum atomic E-state index is 13.0. The average molecular weight is 471 g/mol. The molecule has 1 heterocycles. The lowest BCUT2D eigenvalue weighted by Crippen LogP contribution is -2.48. The average Bonchev–Trinajstić information content (AvgIpc) is 2.81. The van der Waals surface area contributed by atoms with Gasteiger partial charge in [-0.2, -0.15) is 4.31 Å². The van der Waals surface area contributed by atoms with Crippen LogP contribution in [0.5, 0.6) is 0 Å². The topological polar surface area (TPSA) is 115 Å². The molecule has 33 heavy (non-hydrogen) atoms. The highest BCUT2D eigenvalue weighted by Crippen LogP contribution is 2.23. The molecule has 1 saturated heterocycles. The number of sulfonamides is 1. The van der Waals surface area contributed by atoms with E-state index in [1.807, 2.05) is 30.3 Å². The molecule has 9 heteroatoms. The van der Waals surface area contributed by atoms with Gasteiger partial charge in [0.1, 0.15) is 0 Å². The number of carbonyl (C=O) groups is 2. The quantitative estimate of drug-likeness (QED) is 0.564. The summed E-state index contributed by atoms with van der Waals surface area (Å²) in [4.78, 5) is 20.9. The van der Waals surface area contributed by atoms with Crippen molar-refractivity contribution in [2.75, 3.05) is 26.2 Å². The van der Waals surface area contributed by atoms with Gasteiger partial charge in [0, 0.05) is 32.7 Å². The Morgan fingerprint density at radius 3 is 1.97 bits per heavy atom. The Morgan fingerprint density at radius 2 is 1.39 bits per heavy atom. The number of nitrogens with zero attached hydrogens (tertiary/aromatic N) is 2. The first-order valence-electron chi connectivity index (χ1n) is 10.4. The van der Waals surface area contributed by atoms with Crippen molar-refractivity contribution in [3.63, 3.8) is 0 Å². The van der Waals surface area contributed by atoms with E-state index in [1.165, 1.54) is 11.1 Å². The Morgan fingerprint density at radius 1 is 0.818 bits per heavy atom. The second-order valence-electron chi connectivity index (χ2n) is 7.79. The summed E-state index contributed by atoms with van der Waals surface area (Å²) in [6, 6.07) is 21.8. The van der Waals surface area contributed by atoms with Gasteiger partial charge in [0.2, 0.25) is 10.0 Å². The van der Waals surface area contributed by atoms with E-state index >= 15 is 0 Å². The van der Waals surface area contributed by atoms with Gasteiger partial charge in [-0.1, -0.05) is 60.2 Å². The fourth-order valence-corrected chi connectivity index (χ4v) is 5.01. The monoisotopic (exact) mass is 470 g/mol. The van der Waals surface area contributed by atoms with Crippen LogP contribution in [0.3, 0.4) is 0 Å². The summed E-state index contributed by atoms with van der Waals surface area (Å²) >= 11 is 0. The lowest BCUT2D eigenvalue weighted by atomic mass is 10.1. The molecule has 8 nitrogen and oxygen atoms in total. The maximum Gasteiger partial charge on any atom is 0.414 e. The summed E-state index contributed by atoms with van der Waals surface area (Å²) in [5, 5.41) is 16.8. The van der Waals surface area contributed by atoms with Crippen LogP contribution < -0.4 is 0 Å². The van der Waals surface area contributed by atoms with Crippen molar-refractivity contribution in [2.45, 2.75) is 18.4 Å². The number of aliphatic carboxylic acids is 2. The Balaban J connectivity index is 0.000000454. The zero-order valence-electron chi connectivity index (χ0n) is 18.2. The van der Waals surface area contributed by atoms with Gasteiger partial charge < -0.3 is 10.2 Å². The van der Waals surface area contributed by atoms with Gasteiger partial charge in [0.25, 0.3) is 0 Å². The first kappa shape index (κ1) is 24.4. The molecule has 0 saturated carbocycles. The van der Waals surface area contributed by atoms with Gasteiger partial charge in [-0.25, -0.2) is 18.0 Å². The minimum Gasteiger partial charge on any atom is -0.473 e. The van der Waals surface area contributed by atoms with E-state index in [0.29, 0.717) is 18.0 Å². The molecule has 4 rings (SSSR count). The molecule has 0 bridgehead atoms. The highest BCUT2D eigenvalue weighted by atomic mass is 32.2. The van der Waals surface area contributed by atoms with Crippen molar-refractivity contribution < 1.29 is 28.2 Å². The van der Waals surface area contributed by atoms with Crippen molar-refractivity contribution in [1.29, 1.82) is 0 Å². The first-order chi connectivity index (χ1) is 15.7. The van der Waals surface area contributed by atoms with Crippen molar-refractivity contribution in [1.82, 2.24) is 9.21 Å². The minimum atomic E-state index is -3.45. The Hall–Kier alpha value is -3.27. The number of benzene rings is 3. The summed E-state index contributed by atoms with van der Waals surface area (Å²) in [7, 11) is -3.45. The predicted molar refractivity (Wildman–Crippen MR) is 124 cm³/mol. The molecule has 174 valence electrons. The highest BCUT2D eigenvalue weighted by Gasteiger charge is 2.28. The van der Waals surface area contributed by atoms with Crippen LogP contribution in [0.25, 0.3) is 10.8 Å². The first-order valence-corrected chi connectivity index (χ1v) is 11.8. The summed E-state index contributed by atoms with van der Waals surface area (Å²) in [5.74, 6) is -3.65. The SMILES string of the molecule is Cc1ccc(CN2CCN(S(=O)(=O)c3ccc4ccccc4c3)CC2)cc1.O=C(O)C(=O)O. The molecule has 0 unspecified atom stereocenters. The minimum absolute atomic E-state index is 0.383.